The van der Waals surface area contributed by atoms with Crippen LogP contribution in [0.1, 0.15) is 11.1 Å². The van der Waals surface area contributed by atoms with E-state index in [-0.39, 0.29) is 30.2 Å². The molecular weight excluding hydrogens is 217 g/mol. The van der Waals surface area contributed by atoms with Crippen LogP contribution in [0.4, 0.5) is 18.9 Å². The second-order valence-electron chi connectivity index (χ2n) is 2.62. The molecule has 2 nitrogen and oxygen atoms in total. The van der Waals surface area contributed by atoms with Gasteiger partial charge in [-0.05, 0) is 17.7 Å². The van der Waals surface area contributed by atoms with Gasteiger partial charge in [-0.15, -0.1) is 12.4 Å². The first-order valence-electron chi connectivity index (χ1n) is 3.61. The summed E-state index contributed by atoms with van der Waals surface area (Å²) in [5.74, 6) is 0. The molecule has 0 saturated heterocycles. The Morgan fingerprint density at radius 1 is 1.21 bits per heavy atom. The Morgan fingerprint density at radius 2 is 1.79 bits per heavy atom. The van der Waals surface area contributed by atoms with Crippen LogP contribution in [0.25, 0.3) is 0 Å². The van der Waals surface area contributed by atoms with Crippen molar-refractivity contribution in [1.82, 2.24) is 0 Å². The van der Waals surface area contributed by atoms with Gasteiger partial charge >= 0.3 is 6.18 Å². The summed E-state index contributed by atoms with van der Waals surface area (Å²) >= 11 is 0. The van der Waals surface area contributed by atoms with Crippen LogP contribution in [-0.2, 0) is 12.7 Å². The van der Waals surface area contributed by atoms with Crippen LogP contribution in [0.5, 0.6) is 0 Å². The van der Waals surface area contributed by atoms with Gasteiger partial charge in [0, 0.05) is 12.2 Å². The minimum absolute atomic E-state index is 0. The highest BCUT2D eigenvalue weighted by molar-refractivity contribution is 5.85. The van der Waals surface area contributed by atoms with Crippen LogP contribution in [0.3, 0.4) is 0 Å². The van der Waals surface area contributed by atoms with Crippen molar-refractivity contribution in [3.8, 4) is 0 Å². The highest BCUT2D eigenvalue weighted by Crippen LogP contribution is 2.32. The Morgan fingerprint density at radius 3 is 2.21 bits per heavy atom. The van der Waals surface area contributed by atoms with E-state index in [0.717, 1.165) is 6.07 Å². The SMILES string of the molecule is Cl.NCc1ccc(N)cc1C(F)(F)F. The number of benzene rings is 1. The lowest BCUT2D eigenvalue weighted by Crippen LogP contribution is -2.12. The first kappa shape index (κ1) is 13.1. The third-order valence-electron chi connectivity index (χ3n) is 1.66. The van der Waals surface area contributed by atoms with Crippen molar-refractivity contribution >= 4 is 18.1 Å². The second-order valence-corrected chi connectivity index (χ2v) is 2.62. The van der Waals surface area contributed by atoms with Crippen molar-refractivity contribution in [1.29, 1.82) is 0 Å². The molecule has 0 bridgehead atoms. The number of hydrogen-bond acceptors (Lipinski definition) is 2. The molecule has 0 unspecified atom stereocenters. The fraction of sp³-hybridized carbons (Fsp3) is 0.250. The smallest absolute Gasteiger partial charge is 0.399 e. The first-order valence-corrected chi connectivity index (χ1v) is 3.61. The van der Waals surface area contributed by atoms with E-state index in [1.165, 1.54) is 12.1 Å². The molecule has 14 heavy (non-hydrogen) atoms. The van der Waals surface area contributed by atoms with E-state index in [1.54, 1.807) is 0 Å². The van der Waals surface area contributed by atoms with Crippen molar-refractivity contribution in [3.05, 3.63) is 29.3 Å². The van der Waals surface area contributed by atoms with Crippen LogP contribution in [0.15, 0.2) is 18.2 Å². The molecule has 0 saturated carbocycles. The molecule has 0 radical (unpaired) electrons. The average molecular weight is 227 g/mol. The van der Waals surface area contributed by atoms with Crippen LogP contribution in [-0.4, -0.2) is 0 Å². The fourth-order valence-corrected chi connectivity index (χ4v) is 1.04. The van der Waals surface area contributed by atoms with E-state index in [9.17, 15) is 13.2 Å². The maximum Gasteiger partial charge on any atom is 0.416 e. The zero-order chi connectivity index (χ0) is 10.1. The molecule has 1 rings (SSSR count). The topological polar surface area (TPSA) is 52.0 Å². The first-order chi connectivity index (χ1) is 5.95. The van der Waals surface area contributed by atoms with E-state index in [4.69, 9.17) is 11.5 Å². The Balaban J connectivity index is 0.00000169. The molecule has 0 amide bonds. The highest BCUT2D eigenvalue weighted by atomic mass is 35.5. The molecule has 0 heterocycles. The Bertz CT molecular complexity index is 312. The highest BCUT2D eigenvalue weighted by Gasteiger charge is 2.32. The molecule has 0 aliphatic rings. The Labute approximate surface area is 85.5 Å². The van der Waals surface area contributed by atoms with Gasteiger partial charge in [0.1, 0.15) is 0 Å². The van der Waals surface area contributed by atoms with E-state index in [0.29, 0.717) is 0 Å². The molecular formula is C8H10ClF3N2. The normalized spacial score (nSPS) is 10.9. The number of halogens is 4. The molecule has 0 atom stereocenters. The number of rotatable bonds is 1. The van der Waals surface area contributed by atoms with Gasteiger partial charge in [-0.1, -0.05) is 6.07 Å². The summed E-state index contributed by atoms with van der Waals surface area (Å²) in [7, 11) is 0. The molecule has 6 heteroatoms. The predicted molar refractivity (Wildman–Crippen MR) is 51.0 cm³/mol. The van der Waals surface area contributed by atoms with Gasteiger partial charge in [0.2, 0.25) is 0 Å². The van der Waals surface area contributed by atoms with Gasteiger partial charge in [-0.25, -0.2) is 0 Å². The van der Waals surface area contributed by atoms with Crippen molar-refractivity contribution in [3.63, 3.8) is 0 Å². The van der Waals surface area contributed by atoms with Crippen molar-refractivity contribution in [2.24, 2.45) is 5.73 Å². The largest absolute Gasteiger partial charge is 0.416 e. The molecule has 0 fully saturated rings. The lowest BCUT2D eigenvalue weighted by Gasteiger charge is -2.11. The summed E-state index contributed by atoms with van der Waals surface area (Å²) in [6.07, 6.45) is -4.38. The fourth-order valence-electron chi connectivity index (χ4n) is 1.04. The summed E-state index contributed by atoms with van der Waals surface area (Å²) < 4.78 is 36.9. The summed E-state index contributed by atoms with van der Waals surface area (Å²) in [6, 6.07) is 3.58. The molecule has 4 N–H and O–H groups in total. The monoisotopic (exact) mass is 226 g/mol. The minimum Gasteiger partial charge on any atom is -0.399 e. The van der Waals surface area contributed by atoms with Crippen LogP contribution < -0.4 is 11.5 Å². The van der Waals surface area contributed by atoms with Gasteiger partial charge in [0.15, 0.2) is 0 Å². The second kappa shape index (κ2) is 4.52. The van der Waals surface area contributed by atoms with Crippen LogP contribution in [0, 0.1) is 0 Å². The molecule has 0 aliphatic carbocycles. The number of alkyl halides is 3. The third-order valence-corrected chi connectivity index (χ3v) is 1.66. The van der Waals surface area contributed by atoms with Crippen molar-refractivity contribution in [2.45, 2.75) is 12.7 Å². The van der Waals surface area contributed by atoms with Gasteiger partial charge < -0.3 is 11.5 Å². The van der Waals surface area contributed by atoms with Crippen LogP contribution >= 0.6 is 12.4 Å². The molecule has 80 valence electrons. The Hall–Kier alpha value is -0.940. The van der Waals surface area contributed by atoms with Gasteiger partial charge in [0.05, 0.1) is 5.56 Å². The molecule has 1 aromatic rings. The number of hydrogen-bond donors (Lipinski definition) is 2. The van der Waals surface area contributed by atoms with E-state index in [1.807, 2.05) is 0 Å². The summed E-state index contributed by atoms with van der Waals surface area (Å²) in [4.78, 5) is 0. The number of nitrogen functional groups attached to an aromatic ring is 1. The van der Waals surface area contributed by atoms with Gasteiger partial charge in [-0.2, -0.15) is 13.2 Å². The number of nitrogens with two attached hydrogens (primary N) is 2. The van der Waals surface area contributed by atoms with Crippen molar-refractivity contribution in [2.75, 3.05) is 5.73 Å². The lowest BCUT2D eigenvalue weighted by atomic mass is 10.1. The lowest BCUT2D eigenvalue weighted by molar-refractivity contribution is -0.138. The number of anilines is 1. The maximum atomic E-state index is 12.3. The summed E-state index contributed by atoms with van der Waals surface area (Å²) in [5.41, 5.74) is 9.78. The van der Waals surface area contributed by atoms with E-state index < -0.39 is 11.7 Å². The summed E-state index contributed by atoms with van der Waals surface area (Å²) in [6.45, 7) is -0.144. The average Bonchev–Trinajstić information content (AvgIpc) is 2.03. The maximum absolute atomic E-state index is 12.3. The van der Waals surface area contributed by atoms with Gasteiger partial charge in [-0.3, -0.25) is 0 Å². The molecule has 1 aromatic carbocycles. The Kier molecular flexibility index (Phi) is 4.22. The van der Waals surface area contributed by atoms with E-state index in [2.05, 4.69) is 0 Å². The van der Waals surface area contributed by atoms with Crippen LogP contribution in [0.2, 0.25) is 0 Å². The summed E-state index contributed by atoms with van der Waals surface area (Å²) in [5, 5.41) is 0. The third kappa shape index (κ3) is 2.78. The van der Waals surface area contributed by atoms with Gasteiger partial charge in [0.25, 0.3) is 0 Å². The molecule has 0 aliphatic heterocycles. The quantitative estimate of drug-likeness (QED) is 0.721. The zero-order valence-electron chi connectivity index (χ0n) is 7.14. The standard InChI is InChI=1S/C8H9F3N2.ClH/c9-8(10,11)7-3-6(13)2-1-5(7)4-12;/h1-3H,4,12-13H2;1H. The van der Waals surface area contributed by atoms with Crippen molar-refractivity contribution < 1.29 is 13.2 Å². The van der Waals surface area contributed by atoms with E-state index >= 15 is 0 Å². The minimum atomic E-state index is -4.38. The predicted octanol–water partition coefficient (Wildman–Crippen LogP) is 2.17. The zero-order valence-corrected chi connectivity index (χ0v) is 7.95. The molecule has 0 spiro atoms. The molecule has 0 aromatic heterocycles.